The minimum atomic E-state index is -3.86. The van der Waals surface area contributed by atoms with Crippen LogP contribution in [0.15, 0.2) is 52.4 Å². The van der Waals surface area contributed by atoms with Gasteiger partial charge in [0.1, 0.15) is 17.5 Å². The number of aromatic nitrogens is 1. The molecule has 172 valence electrons. The Bertz CT molecular complexity index is 1400. The summed E-state index contributed by atoms with van der Waals surface area (Å²) in [6.45, 7) is 0.491. The van der Waals surface area contributed by atoms with Gasteiger partial charge in [0.15, 0.2) is 4.80 Å². The number of benzene rings is 2. The molecule has 1 unspecified atom stereocenters. The summed E-state index contributed by atoms with van der Waals surface area (Å²) < 4.78 is 40.7. The lowest BCUT2D eigenvalue weighted by molar-refractivity contribution is -0.121. The van der Waals surface area contributed by atoms with Crippen LogP contribution in [0.25, 0.3) is 10.2 Å². The van der Waals surface area contributed by atoms with Gasteiger partial charge in [-0.2, -0.15) is 9.30 Å². The van der Waals surface area contributed by atoms with E-state index in [2.05, 4.69) is 10.9 Å². The van der Waals surface area contributed by atoms with E-state index in [9.17, 15) is 13.2 Å². The summed E-state index contributed by atoms with van der Waals surface area (Å²) in [6.07, 6.45) is 6.53. The summed E-state index contributed by atoms with van der Waals surface area (Å²) in [6, 6.07) is 10.8. The zero-order chi connectivity index (χ0) is 23.6. The first-order valence-electron chi connectivity index (χ1n) is 10.2. The molecular weight excluding hydrogens is 462 g/mol. The van der Waals surface area contributed by atoms with Gasteiger partial charge in [-0.05, 0) is 55.3 Å². The molecule has 3 aromatic rings. The molecule has 2 aromatic carbocycles. The molecule has 1 aliphatic rings. The van der Waals surface area contributed by atoms with E-state index in [1.165, 1.54) is 34.9 Å². The van der Waals surface area contributed by atoms with Crippen LogP contribution >= 0.6 is 11.3 Å². The van der Waals surface area contributed by atoms with Crippen molar-refractivity contribution in [2.24, 2.45) is 4.99 Å². The molecule has 8 nitrogen and oxygen atoms in total. The molecule has 0 saturated carbocycles. The SMILES string of the molecule is C#CCn1c(=NC(=O)C2CCCN2S(=O)(=O)c2ccc(OC)cc2)sc2cc(OC)ccc21. The van der Waals surface area contributed by atoms with Gasteiger partial charge in [-0.15, -0.1) is 6.42 Å². The average molecular weight is 486 g/mol. The van der Waals surface area contributed by atoms with Crippen LogP contribution in [-0.4, -0.2) is 50.0 Å². The van der Waals surface area contributed by atoms with Crippen molar-refractivity contribution in [2.45, 2.75) is 30.3 Å². The third-order valence-electron chi connectivity index (χ3n) is 5.50. The Labute approximate surface area is 196 Å². The first kappa shape index (κ1) is 23.0. The van der Waals surface area contributed by atoms with Gasteiger partial charge in [-0.25, -0.2) is 8.42 Å². The van der Waals surface area contributed by atoms with Crippen molar-refractivity contribution in [2.75, 3.05) is 20.8 Å². The lowest BCUT2D eigenvalue weighted by Gasteiger charge is -2.21. The van der Waals surface area contributed by atoms with Crippen LogP contribution in [0.5, 0.6) is 11.5 Å². The van der Waals surface area contributed by atoms with Crippen LogP contribution in [0.2, 0.25) is 0 Å². The van der Waals surface area contributed by atoms with Gasteiger partial charge in [0.2, 0.25) is 10.0 Å². The molecule has 1 atom stereocenters. The molecule has 4 rings (SSSR count). The van der Waals surface area contributed by atoms with Gasteiger partial charge >= 0.3 is 0 Å². The number of nitrogens with zero attached hydrogens (tertiary/aromatic N) is 3. The van der Waals surface area contributed by atoms with Gasteiger partial charge in [-0.1, -0.05) is 17.3 Å². The number of amides is 1. The van der Waals surface area contributed by atoms with Gasteiger partial charge < -0.3 is 14.0 Å². The fraction of sp³-hybridized carbons (Fsp3) is 0.304. The molecule has 1 saturated heterocycles. The zero-order valence-corrected chi connectivity index (χ0v) is 19.9. The lowest BCUT2D eigenvalue weighted by Crippen LogP contribution is -2.40. The van der Waals surface area contributed by atoms with E-state index in [1.54, 1.807) is 23.8 Å². The topological polar surface area (TPSA) is 90.2 Å². The molecule has 0 bridgehead atoms. The number of carbonyl (C=O) groups excluding carboxylic acids is 1. The first-order valence-corrected chi connectivity index (χ1v) is 12.5. The Morgan fingerprint density at radius 3 is 2.55 bits per heavy atom. The number of hydrogen-bond acceptors (Lipinski definition) is 6. The Kier molecular flexibility index (Phi) is 6.56. The standard InChI is InChI=1S/C23H23N3O5S2/c1-4-13-25-19-12-9-17(31-3)15-21(19)32-23(25)24-22(27)20-6-5-14-26(20)33(28,29)18-10-7-16(30-2)8-11-18/h1,7-12,15,20H,5-6,13-14H2,2-3H3. The highest BCUT2D eigenvalue weighted by Crippen LogP contribution is 2.28. The summed E-state index contributed by atoms with van der Waals surface area (Å²) >= 11 is 1.31. The highest BCUT2D eigenvalue weighted by atomic mass is 32.2. The van der Waals surface area contributed by atoms with E-state index in [1.807, 2.05) is 18.2 Å². The predicted molar refractivity (Wildman–Crippen MR) is 126 cm³/mol. The van der Waals surface area contributed by atoms with Crippen molar-refractivity contribution in [3.63, 3.8) is 0 Å². The summed E-state index contributed by atoms with van der Waals surface area (Å²) in [5.41, 5.74) is 0.833. The Morgan fingerprint density at radius 2 is 1.88 bits per heavy atom. The van der Waals surface area contributed by atoms with E-state index < -0.39 is 22.0 Å². The number of rotatable bonds is 6. The lowest BCUT2D eigenvalue weighted by atomic mass is 10.2. The number of thiazole rings is 1. The largest absolute Gasteiger partial charge is 0.497 e. The van der Waals surface area contributed by atoms with E-state index in [-0.39, 0.29) is 18.0 Å². The zero-order valence-electron chi connectivity index (χ0n) is 18.2. The molecule has 0 aliphatic carbocycles. The van der Waals surface area contributed by atoms with Crippen molar-refractivity contribution < 1.29 is 22.7 Å². The number of terminal acetylenes is 1. The summed E-state index contributed by atoms with van der Waals surface area (Å²) in [5.74, 6) is 3.32. The molecule has 0 spiro atoms. The highest BCUT2D eigenvalue weighted by Gasteiger charge is 2.39. The molecule has 2 heterocycles. The highest BCUT2D eigenvalue weighted by molar-refractivity contribution is 7.89. The van der Waals surface area contributed by atoms with Crippen molar-refractivity contribution in [1.82, 2.24) is 8.87 Å². The van der Waals surface area contributed by atoms with Crippen LogP contribution in [0, 0.1) is 12.3 Å². The second-order valence-corrected chi connectivity index (χ2v) is 10.3. The molecule has 1 fully saturated rings. The van der Waals surface area contributed by atoms with Crippen molar-refractivity contribution in [3.05, 3.63) is 47.3 Å². The van der Waals surface area contributed by atoms with Crippen LogP contribution in [0.1, 0.15) is 12.8 Å². The summed E-state index contributed by atoms with van der Waals surface area (Å²) in [5, 5.41) is 0. The van der Waals surface area contributed by atoms with Crippen molar-refractivity contribution in [1.29, 1.82) is 0 Å². The van der Waals surface area contributed by atoms with Gasteiger partial charge in [0, 0.05) is 6.54 Å². The van der Waals surface area contributed by atoms with Crippen LogP contribution in [-0.2, 0) is 21.4 Å². The number of ether oxygens (including phenoxy) is 2. The molecule has 33 heavy (non-hydrogen) atoms. The van der Waals surface area contributed by atoms with E-state index in [4.69, 9.17) is 15.9 Å². The number of carbonyl (C=O) groups is 1. The fourth-order valence-electron chi connectivity index (χ4n) is 3.84. The maximum absolute atomic E-state index is 13.2. The van der Waals surface area contributed by atoms with Crippen LogP contribution in [0.3, 0.4) is 0 Å². The minimum Gasteiger partial charge on any atom is -0.497 e. The molecule has 1 aliphatic heterocycles. The molecule has 10 heteroatoms. The fourth-order valence-corrected chi connectivity index (χ4v) is 6.55. The average Bonchev–Trinajstić information content (AvgIpc) is 3.45. The molecule has 0 radical (unpaired) electrons. The second-order valence-electron chi connectivity index (χ2n) is 7.41. The van der Waals surface area contributed by atoms with Crippen molar-refractivity contribution in [3.8, 4) is 23.8 Å². The third kappa shape index (κ3) is 4.39. The van der Waals surface area contributed by atoms with Gasteiger partial charge in [-0.3, -0.25) is 4.79 Å². The van der Waals surface area contributed by atoms with E-state index in [0.717, 1.165) is 10.2 Å². The van der Waals surface area contributed by atoms with Crippen LogP contribution in [0.4, 0.5) is 0 Å². The maximum atomic E-state index is 13.2. The third-order valence-corrected chi connectivity index (χ3v) is 8.46. The molecule has 1 aromatic heterocycles. The Hall–Kier alpha value is -3.13. The van der Waals surface area contributed by atoms with Crippen molar-refractivity contribution >= 4 is 37.5 Å². The summed E-state index contributed by atoms with van der Waals surface area (Å²) in [7, 11) is -0.768. The Balaban J connectivity index is 1.70. The number of fused-ring (bicyclic) bond motifs is 1. The maximum Gasteiger partial charge on any atom is 0.266 e. The van der Waals surface area contributed by atoms with Gasteiger partial charge in [0.05, 0.1) is 35.9 Å². The monoisotopic (exact) mass is 485 g/mol. The van der Waals surface area contributed by atoms with Gasteiger partial charge in [0.25, 0.3) is 5.91 Å². The number of hydrogen-bond donors (Lipinski definition) is 0. The second kappa shape index (κ2) is 9.39. The first-order chi connectivity index (χ1) is 15.9. The molecule has 1 amide bonds. The van der Waals surface area contributed by atoms with E-state index in [0.29, 0.717) is 29.1 Å². The molecule has 0 N–H and O–H groups in total. The summed E-state index contributed by atoms with van der Waals surface area (Å²) in [4.78, 5) is 18.0. The smallest absolute Gasteiger partial charge is 0.266 e. The normalized spacial score (nSPS) is 17.2. The quantitative estimate of drug-likeness (QED) is 0.501. The number of sulfonamides is 1. The van der Waals surface area contributed by atoms with E-state index >= 15 is 0 Å². The predicted octanol–water partition coefficient (Wildman–Crippen LogP) is 2.63. The number of methoxy groups -OCH3 is 2. The molecular formula is C23H23N3O5S2. The minimum absolute atomic E-state index is 0.111. The van der Waals surface area contributed by atoms with Crippen LogP contribution < -0.4 is 14.3 Å². The Morgan fingerprint density at radius 1 is 1.18 bits per heavy atom.